The van der Waals surface area contributed by atoms with Gasteiger partial charge in [-0.2, -0.15) is 0 Å². The smallest absolute Gasteiger partial charge is 0.165 e. The number of rotatable bonds is 3. The number of imidazole rings is 1. The second kappa shape index (κ2) is 4.78. The van der Waals surface area contributed by atoms with Gasteiger partial charge in [0.15, 0.2) is 11.5 Å². The number of nitrogens with zero attached hydrogens (tertiary/aromatic N) is 4. The second-order valence-corrected chi connectivity index (χ2v) is 5.71. The third kappa shape index (κ3) is 1.85. The van der Waals surface area contributed by atoms with Crippen molar-refractivity contribution in [3.8, 4) is 0 Å². The number of aromatic nitrogens is 4. The first-order chi connectivity index (χ1) is 10.0. The van der Waals surface area contributed by atoms with E-state index in [1.807, 2.05) is 18.4 Å². The first kappa shape index (κ1) is 14.0. The molecule has 0 bridgehead atoms. The fourth-order valence-corrected chi connectivity index (χ4v) is 3.17. The van der Waals surface area contributed by atoms with E-state index in [2.05, 4.69) is 15.0 Å². The summed E-state index contributed by atoms with van der Waals surface area (Å²) < 4.78 is 1.94. The molecule has 0 radical (unpaired) electrons. The minimum atomic E-state index is -0.579. The SMILES string of the molecule is CC1=C(C)C(CO)(CO)CC1n1cnc2c(N)ncnc21. The molecule has 2 aromatic heterocycles. The molecule has 0 saturated carbocycles. The number of anilines is 1. The number of aliphatic hydroxyl groups is 2. The quantitative estimate of drug-likeness (QED) is 0.716. The molecule has 0 aromatic carbocycles. The predicted molar refractivity (Wildman–Crippen MR) is 78.4 cm³/mol. The number of hydrogen-bond donors (Lipinski definition) is 3. The van der Waals surface area contributed by atoms with Gasteiger partial charge in [-0.05, 0) is 20.3 Å². The van der Waals surface area contributed by atoms with E-state index in [0.717, 1.165) is 11.1 Å². The van der Waals surface area contributed by atoms with Crippen LogP contribution in [0.15, 0.2) is 23.8 Å². The Hall–Kier alpha value is -1.99. The van der Waals surface area contributed by atoms with Crippen LogP contribution in [0.1, 0.15) is 26.3 Å². The number of nitrogens with two attached hydrogens (primary N) is 1. The highest BCUT2D eigenvalue weighted by atomic mass is 16.3. The molecule has 1 aliphatic rings. The van der Waals surface area contributed by atoms with E-state index in [-0.39, 0.29) is 19.3 Å². The van der Waals surface area contributed by atoms with Gasteiger partial charge in [-0.25, -0.2) is 15.0 Å². The van der Waals surface area contributed by atoms with Gasteiger partial charge in [0.2, 0.25) is 0 Å². The molecule has 0 spiro atoms. The Kier molecular flexibility index (Phi) is 3.18. The van der Waals surface area contributed by atoms with Crippen LogP contribution in [0, 0.1) is 5.41 Å². The molecular formula is C14H19N5O2. The summed E-state index contributed by atoms with van der Waals surface area (Å²) in [5.41, 5.74) is 8.64. The molecule has 1 aliphatic carbocycles. The van der Waals surface area contributed by atoms with Crippen molar-refractivity contribution in [2.75, 3.05) is 18.9 Å². The number of nitrogen functional groups attached to an aromatic ring is 1. The summed E-state index contributed by atoms with van der Waals surface area (Å²) in [6.45, 7) is 3.83. The lowest BCUT2D eigenvalue weighted by molar-refractivity contribution is 0.0789. The summed E-state index contributed by atoms with van der Waals surface area (Å²) in [5, 5.41) is 19.4. The number of aliphatic hydroxyl groups excluding tert-OH is 2. The number of fused-ring (bicyclic) bond motifs is 1. The van der Waals surface area contributed by atoms with Gasteiger partial charge in [0, 0.05) is 5.41 Å². The lowest BCUT2D eigenvalue weighted by Crippen LogP contribution is -2.29. The molecule has 7 nitrogen and oxygen atoms in total. The van der Waals surface area contributed by atoms with E-state index in [1.165, 1.54) is 6.33 Å². The van der Waals surface area contributed by atoms with Gasteiger partial charge in [0.25, 0.3) is 0 Å². The van der Waals surface area contributed by atoms with Gasteiger partial charge >= 0.3 is 0 Å². The molecule has 3 rings (SSSR count). The predicted octanol–water partition coefficient (Wildman–Crippen LogP) is 0.661. The van der Waals surface area contributed by atoms with E-state index in [9.17, 15) is 10.2 Å². The minimum Gasteiger partial charge on any atom is -0.395 e. The fraction of sp³-hybridized carbons (Fsp3) is 0.500. The molecule has 4 N–H and O–H groups in total. The first-order valence-electron chi connectivity index (χ1n) is 6.86. The highest BCUT2D eigenvalue weighted by Crippen LogP contribution is 2.48. The Balaban J connectivity index is 2.11. The number of allylic oxidation sites excluding steroid dienone is 1. The third-order valence-electron chi connectivity index (χ3n) is 4.80. The van der Waals surface area contributed by atoms with Gasteiger partial charge in [-0.3, -0.25) is 0 Å². The summed E-state index contributed by atoms with van der Waals surface area (Å²) in [7, 11) is 0. The van der Waals surface area contributed by atoms with Crippen LogP contribution in [0.2, 0.25) is 0 Å². The molecule has 7 heteroatoms. The van der Waals surface area contributed by atoms with E-state index in [1.54, 1.807) is 6.33 Å². The van der Waals surface area contributed by atoms with Crippen LogP contribution in [0.4, 0.5) is 5.82 Å². The maximum absolute atomic E-state index is 9.71. The second-order valence-electron chi connectivity index (χ2n) is 5.71. The van der Waals surface area contributed by atoms with Crippen LogP contribution in [0.3, 0.4) is 0 Å². The maximum atomic E-state index is 9.71. The van der Waals surface area contributed by atoms with Gasteiger partial charge in [0.1, 0.15) is 11.8 Å². The van der Waals surface area contributed by atoms with E-state index in [4.69, 9.17) is 5.73 Å². The zero-order valence-corrected chi connectivity index (χ0v) is 12.1. The topological polar surface area (TPSA) is 110 Å². The monoisotopic (exact) mass is 289 g/mol. The Morgan fingerprint density at radius 1 is 1.29 bits per heavy atom. The summed E-state index contributed by atoms with van der Waals surface area (Å²) in [4.78, 5) is 12.5. The van der Waals surface area contributed by atoms with Crippen molar-refractivity contribution >= 4 is 17.0 Å². The van der Waals surface area contributed by atoms with E-state index >= 15 is 0 Å². The van der Waals surface area contributed by atoms with Crippen molar-refractivity contribution in [3.05, 3.63) is 23.8 Å². The highest BCUT2D eigenvalue weighted by molar-refractivity contribution is 5.81. The minimum absolute atomic E-state index is 0.00333. The van der Waals surface area contributed by atoms with Gasteiger partial charge in [0.05, 0.1) is 25.6 Å². The average Bonchev–Trinajstić information content (AvgIpc) is 3.02. The van der Waals surface area contributed by atoms with Crippen LogP contribution in [0.5, 0.6) is 0 Å². The van der Waals surface area contributed by atoms with Crippen molar-refractivity contribution in [3.63, 3.8) is 0 Å². The van der Waals surface area contributed by atoms with Crippen molar-refractivity contribution in [2.24, 2.45) is 5.41 Å². The van der Waals surface area contributed by atoms with Crippen LogP contribution in [-0.2, 0) is 0 Å². The van der Waals surface area contributed by atoms with Gasteiger partial charge < -0.3 is 20.5 Å². The molecule has 0 aliphatic heterocycles. The zero-order valence-electron chi connectivity index (χ0n) is 12.1. The summed E-state index contributed by atoms with van der Waals surface area (Å²) in [6, 6.07) is 0.00333. The van der Waals surface area contributed by atoms with Crippen LogP contribution >= 0.6 is 0 Å². The van der Waals surface area contributed by atoms with Crippen molar-refractivity contribution < 1.29 is 10.2 Å². The van der Waals surface area contributed by atoms with Crippen LogP contribution in [0.25, 0.3) is 11.2 Å². The van der Waals surface area contributed by atoms with Crippen molar-refractivity contribution in [1.82, 2.24) is 19.5 Å². The van der Waals surface area contributed by atoms with E-state index < -0.39 is 5.41 Å². The van der Waals surface area contributed by atoms with Crippen LogP contribution < -0.4 is 5.73 Å². The van der Waals surface area contributed by atoms with Crippen molar-refractivity contribution in [1.29, 1.82) is 0 Å². The molecule has 0 fully saturated rings. The molecule has 21 heavy (non-hydrogen) atoms. The third-order valence-corrected chi connectivity index (χ3v) is 4.80. The molecule has 1 atom stereocenters. The molecule has 0 saturated heterocycles. The summed E-state index contributed by atoms with van der Waals surface area (Å²) in [5.74, 6) is 0.352. The lowest BCUT2D eigenvalue weighted by Gasteiger charge is -2.27. The van der Waals surface area contributed by atoms with Gasteiger partial charge in [-0.1, -0.05) is 11.1 Å². The molecule has 1 unspecified atom stereocenters. The van der Waals surface area contributed by atoms with Crippen molar-refractivity contribution in [2.45, 2.75) is 26.3 Å². The normalized spacial score (nSPS) is 21.4. The molecule has 0 amide bonds. The Bertz CT molecular complexity index is 717. The first-order valence-corrected chi connectivity index (χ1v) is 6.86. The molecule has 112 valence electrons. The summed E-state index contributed by atoms with van der Waals surface area (Å²) >= 11 is 0. The maximum Gasteiger partial charge on any atom is 0.165 e. The lowest BCUT2D eigenvalue weighted by atomic mass is 9.83. The van der Waals surface area contributed by atoms with Gasteiger partial charge in [-0.15, -0.1) is 0 Å². The fourth-order valence-electron chi connectivity index (χ4n) is 3.17. The highest BCUT2D eigenvalue weighted by Gasteiger charge is 2.42. The molecular weight excluding hydrogens is 270 g/mol. The average molecular weight is 289 g/mol. The zero-order chi connectivity index (χ0) is 15.2. The van der Waals surface area contributed by atoms with E-state index in [0.29, 0.717) is 23.4 Å². The van der Waals surface area contributed by atoms with Crippen LogP contribution in [-0.4, -0.2) is 42.9 Å². The summed E-state index contributed by atoms with van der Waals surface area (Å²) in [6.07, 6.45) is 3.73. The Morgan fingerprint density at radius 2 is 2.00 bits per heavy atom. The Morgan fingerprint density at radius 3 is 2.62 bits per heavy atom. The molecule has 2 aromatic rings. The number of hydrogen-bond acceptors (Lipinski definition) is 6. The standard InChI is InChI=1S/C14H19N5O2/c1-8-9(2)14(4-20,5-21)3-10(8)19-7-18-11-12(15)16-6-17-13(11)19/h6-7,10,20-21H,3-5H2,1-2H3,(H2,15,16,17). The Labute approximate surface area is 122 Å². The largest absolute Gasteiger partial charge is 0.395 e. The molecule has 2 heterocycles.